The summed E-state index contributed by atoms with van der Waals surface area (Å²) >= 11 is 0. The number of carbonyl (C=O) groups is 2. The van der Waals surface area contributed by atoms with Gasteiger partial charge in [0.15, 0.2) is 0 Å². The number of anilines is 1. The first-order valence-corrected chi connectivity index (χ1v) is 10.4. The van der Waals surface area contributed by atoms with Gasteiger partial charge in [-0.25, -0.2) is 13.1 Å². The highest BCUT2D eigenvalue weighted by molar-refractivity contribution is 7.89. The van der Waals surface area contributed by atoms with Crippen LogP contribution in [-0.2, 0) is 24.3 Å². The molecule has 9 heteroatoms. The van der Waals surface area contributed by atoms with E-state index >= 15 is 0 Å². The van der Waals surface area contributed by atoms with Gasteiger partial charge in [0.1, 0.15) is 0 Å². The summed E-state index contributed by atoms with van der Waals surface area (Å²) in [6, 6.07) is 5.39. The molecule has 1 heterocycles. The Labute approximate surface area is 160 Å². The smallest absolute Gasteiger partial charge is 0.240 e. The maximum Gasteiger partial charge on any atom is 0.240 e. The zero-order valence-electron chi connectivity index (χ0n) is 15.9. The van der Waals surface area contributed by atoms with Crippen LogP contribution in [0.3, 0.4) is 0 Å². The summed E-state index contributed by atoms with van der Waals surface area (Å²) in [4.78, 5) is 25.3. The van der Waals surface area contributed by atoms with E-state index in [1.165, 1.54) is 31.2 Å². The molecule has 1 atom stereocenters. The topological polar surface area (TPSA) is 105 Å². The Bertz CT molecular complexity index is 756. The minimum atomic E-state index is -3.78. The Morgan fingerprint density at radius 2 is 1.74 bits per heavy atom. The first kappa shape index (κ1) is 21.3. The molecule has 1 aromatic rings. The molecule has 0 aromatic heterocycles. The fourth-order valence-corrected chi connectivity index (χ4v) is 4.12. The second kappa shape index (κ2) is 9.29. The summed E-state index contributed by atoms with van der Waals surface area (Å²) < 4.78 is 33.3. The standard InChI is InChI=1S/C18H27N3O5S/c1-13(2)17(12-18(23)21-8-10-26-11-9-21)20-27(24,25)16-6-4-15(5-7-16)19-14(3)22/h4-7,13,17,20H,8-12H2,1-3H3,(H,19,22). The number of benzene rings is 1. The van der Waals surface area contributed by atoms with Crippen LogP contribution >= 0.6 is 0 Å². The Morgan fingerprint density at radius 1 is 1.15 bits per heavy atom. The van der Waals surface area contributed by atoms with Crippen LogP contribution in [-0.4, -0.2) is 57.5 Å². The highest BCUT2D eigenvalue weighted by Crippen LogP contribution is 2.17. The largest absolute Gasteiger partial charge is 0.378 e. The predicted octanol–water partition coefficient (Wildman–Crippen LogP) is 1.20. The fraction of sp³-hybridized carbons (Fsp3) is 0.556. The first-order valence-electron chi connectivity index (χ1n) is 8.94. The number of morpholine rings is 1. The van der Waals surface area contributed by atoms with Crippen molar-refractivity contribution in [2.24, 2.45) is 5.92 Å². The Hall–Kier alpha value is -1.97. The van der Waals surface area contributed by atoms with Crippen LogP contribution in [0.25, 0.3) is 0 Å². The zero-order chi connectivity index (χ0) is 20.0. The van der Waals surface area contributed by atoms with Gasteiger partial charge < -0.3 is 15.0 Å². The van der Waals surface area contributed by atoms with E-state index in [0.717, 1.165) is 0 Å². The number of nitrogens with zero attached hydrogens (tertiary/aromatic N) is 1. The summed E-state index contributed by atoms with van der Waals surface area (Å²) in [5, 5.41) is 2.59. The van der Waals surface area contributed by atoms with Gasteiger partial charge in [0.05, 0.1) is 18.1 Å². The van der Waals surface area contributed by atoms with Crippen LogP contribution in [0.1, 0.15) is 27.2 Å². The van der Waals surface area contributed by atoms with Crippen molar-refractivity contribution in [2.45, 2.75) is 38.1 Å². The van der Waals surface area contributed by atoms with Gasteiger partial charge >= 0.3 is 0 Å². The SMILES string of the molecule is CC(=O)Nc1ccc(S(=O)(=O)NC(CC(=O)N2CCOCC2)C(C)C)cc1. The van der Waals surface area contributed by atoms with Crippen LogP contribution in [0.2, 0.25) is 0 Å². The molecule has 2 amide bonds. The van der Waals surface area contributed by atoms with Crippen LogP contribution in [0, 0.1) is 5.92 Å². The molecule has 2 rings (SSSR count). The molecule has 0 aliphatic carbocycles. The summed E-state index contributed by atoms with van der Waals surface area (Å²) in [6.45, 7) is 7.20. The normalized spacial score (nSPS) is 16.2. The molecule has 150 valence electrons. The third kappa shape index (κ3) is 6.30. The maximum absolute atomic E-state index is 12.7. The van der Waals surface area contributed by atoms with Crippen molar-refractivity contribution in [3.05, 3.63) is 24.3 Å². The van der Waals surface area contributed by atoms with Gasteiger partial charge in [-0.1, -0.05) is 13.8 Å². The lowest BCUT2D eigenvalue weighted by Crippen LogP contribution is -2.46. The van der Waals surface area contributed by atoms with Gasteiger partial charge in [-0.05, 0) is 30.2 Å². The molecule has 1 saturated heterocycles. The van der Waals surface area contributed by atoms with Crippen LogP contribution in [0.4, 0.5) is 5.69 Å². The van der Waals surface area contributed by atoms with E-state index in [9.17, 15) is 18.0 Å². The molecule has 2 N–H and O–H groups in total. The third-order valence-corrected chi connectivity index (χ3v) is 5.86. The van der Waals surface area contributed by atoms with E-state index in [4.69, 9.17) is 4.74 Å². The summed E-state index contributed by atoms with van der Waals surface area (Å²) in [7, 11) is -3.78. The number of hydrogen-bond donors (Lipinski definition) is 2. The fourth-order valence-electron chi connectivity index (χ4n) is 2.73. The lowest BCUT2D eigenvalue weighted by atomic mass is 10.0. The van der Waals surface area contributed by atoms with E-state index in [-0.39, 0.29) is 29.0 Å². The monoisotopic (exact) mass is 397 g/mol. The summed E-state index contributed by atoms with van der Waals surface area (Å²) in [6.07, 6.45) is 0.0981. The number of hydrogen-bond acceptors (Lipinski definition) is 5. The van der Waals surface area contributed by atoms with E-state index in [1.54, 1.807) is 4.90 Å². The van der Waals surface area contributed by atoms with Gasteiger partial charge in [-0.3, -0.25) is 9.59 Å². The molecule has 1 aliphatic heterocycles. The van der Waals surface area contributed by atoms with Crippen LogP contribution < -0.4 is 10.0 Å². The summed E-state index contributed by atoms with van der Waals surface area (Å²) in [5.74, 6) is -0.366. The molecule has 0 bridgehead atoms. The molecule has 1 aromatic carbocycles. The zero-order valence-corrected chi connectivity index (χ0v) is 16.7. The second-order valence-corrected chi connectivity index (χ2v) is 8.59. The Morgan fingerprint density at radius 3 is 2.26 bits per heavy atom. The lowest BCUT2D eigenvalue weighted by molar-refractivity contribution is -0.135. The lowest BCUT2D eigenvalue weighted by Gasteiger charge is -2.29. The third-order valence-electron chi connectivity index (χ3n) is 4.35. The number of sulfonamides is 1. The van der Waals surface area contributed by atoms with Crippen molar-refractivity contribution in [1.29, 1.82) is 0 Å². The quantitative estimate of drug-likeness (QED) is 0.719. The molecular weight excluding hydrogens is 370 g/mol. The number of nitrogens with one attached hydrogen (secondary N) is 2. The molecule has 27 heavy (non-hydrogen) atoms. The highest BCUT2D eigenvalue weighted by Gasteiger charge is 2.27. The average molecular weight is 397 g/mol. The van der Waals surface area contributed by atoms with Crippen LogP contribution in [0.5, 0.6) is 0 Å². The van der Waals surface area contributed by atoms with E-state index in [0.29, 0.717) is 32.0 Å². The van der Waals surface area contributed by atoms with Crippen molar-refractivity contribution in [2.75, 3.05) is 31.6 Å². The Kier molecular flexibility index (Phi) is 7.34. The maximum atomic E-state index is 12.7. The minimum Gasteiger partial charge on any atom is -0.378 e. The van der Waals surface area contributed by atoms with Crippen molar-refractivity contribution >= 4 is 27.5 Å². The minimum absolute atomic E-state index is 0.0524. The summed E-state index contributed by atoms with van der Waals surface area (Å²) in [5.41, 5.74) is 0.518. The molecule has 1 aliphatic rings. The molecule has 0 saturated carbocycles. The highest BCUT2D eigenvalue weighted by atomic mass is 32.2. The predicted molar refractivity (Wildman–Crippen MR) is 102 cm³/mol. The molecular formula is C18H27N3O5S. The second-order valence-electron chi connectivity index (χ2n) is 6.87. The van der Waals surface area contributed by atoms with Crippen molar-refractivity contribution in [3.63, 3.8) is 0 Å². The molecule has 0 spiro atoms. The van der Waals surface area contributed by atoms with Gasteiger partial charge in [-0.2, -0.15) is 0 Å². The van der Waals surface area contributed by atoms with Gasteiger partial charge in [0.25, 0.3) is 0 Å². The van der Waals surface area contributed by atoms with Gasteiger partial charge in [0, 0.05) is 38.2 Å². The number of rotatable bonds is 7. The van der Waals surface area contributed by atoms with E-state index < -0.39 is 16.1 Å². The van der Waals surface area contributed by atoms with Crippen molar-refractivity contribution in [1.82, 2.24) is 9.62 Å². The molecule has 8 nitrogen and oxygen atoms in total. The number of carbonyl (C=O) groups excluding carboxylic acids is 2. The molecule has 0 radical (unpaired) electrons. The molecule has 1 fully saturated rings. The van der Waals surface area contributed by atoms with Gasteiger partial charge in [-0.15, -0.1) is 0 Å². The van der Waals surface area contributed by atoms with E-state index in [2.05, 4.69) is 10.0 Å². The average Bonchev–Trinajstić information content (AvgIpc) is 2.61. The number of ether oxygens (including phenoxy) is 1. The van der Waals surface area contributed by atoms with Crippen molar-refractivity contribution < 1.29 is 22.7 Å². The first-order chi connectivity index (χ1) is 12.7. The number of amides is 2. The van der Waals surface area contributed by atoms with Gasteiger partial charge in [0.2, 0.25) is 21.8 Å². The molecule has 1 unspecified atom stereocenters. The van der Waals surface area contributed by atoms with E-state index in [1.807, 2.05) is 13.8 Å². The van der Waals surface area contributed by atoms with Crippen LogP contribution in [0.15, 0.2) is 29.2 Å². The van der Waals surface area contributed by atoms with Crippen molar-refractivity contribution in [3.8, 4) is 0 Å². The Balaban J connectivity index is 2.07.